The topological polar surface area (TPSA) is 78.9 Å². The van der Waals surface area contributed by atoms with Gasteiger partial charge in [0.1, 0.15) is 5.75 Å². The zero-order valence-corrected chi connectivity index (χ0v) is 21.5. The van der Waals surface area contributed by atoms with Gasteiger partial charge >= 0.3 is 0 Å². The lowest BCUT2D eigenvalue weighted by Gasteiger charge is -2.31. The molecule has 2 saturated heterocycles. The van der Waals surface area contributed by atoms with Crippen LogP contribution in [0.4, 0.5) is 11.4 Å². The van der Waals surface area contributed by atoms with Gasteiger partial charge in [-0.2, -0.15) is 4.31 Å². The summed E-state index contributed by atoms with van der Waals surface area (Å²) in [6, 6.07) is 13.0. The Hall–Kier alpha value is -2.58. The van der Waals surface area contributed by atoms with E-state index in [4.69, 9.17) is 4.74 Å². The van der Waals surface area contributed by atoms with Crippen LogP contribution in [0.25, 0.3) is 0 Å². The van der Waals surface area contributed by atoms with E-state index in [1.54, 1.807) is 16.4 Å². The van der Waals surface area contributed by atoms with Crippen LogP contribution in [-0.2, 0) is 14.8 Å². The normalized spacial score (nSPS) is 17.2. The average Bonchev–Trinajstić information content (AvgIpc) is 2.88. The molecule has 2 aromatic rings. The summed E-state index contributed by atoms with van der Waals surface area (Å²) in [6.07, 6.45) is 7.10. The second kappa shape index (κ2) is 11.9. The Morgan fingerprint density at radius 3 is 2.26 bits per heavy atom. The van der Waals surface area contributed by atoms with E-state index in [9.17, 15) is 13.2 Å². The Balaban J connectivity index is 1.44. The van der Waals surface area contributed by atoms with Crippen molar-refractivity contribution in [3.05, 3.63) is 48.0 Å². The highest BCUT2D eigenvalue weighted by molar-refractivity contribution is 7.89. The zero-order valence-electron chi connectivity index (χ0n) is 20.7. The van der Waals surface area contributed by atoms with E-state index in [1.165, 1.54) is 12.0 Å². The number of carbonyl (C=O) groups excluding carboxylic acids is 1. The monoisotopic (exact) mass is 499 g/mol. The summed E-state index contributed by atoms with van der Waals surface area (Å²) in [6.45, 7) is 5.40. The molecule has 8 heteroatoms. The van der Waals surface area contributed by atoms with Gasteiger partial charge in [-0.15, -0.1) is 0 Å². The van der Waals surface area contributed by atoms with Gasteiger partial charge in [0.15, 0.2) is 0 Å². The first-order valence-electron chi connectivity index (χ1n) is 12.8. The minimum Gasteiger partial charge on any atom is -0.494 e. The molecule has 1 amide bonds. The number of aryl methyl sites for hydroxylation is 1. The van der Waals surface area contributed by atoms with Gasteiger partial charge < -0.3 is 15.0 Å². The van der Waals surface area contributed by atoms with Crippen LogP contribution in [0.2, 0.25) is 0 Å². The number of carbonyl (C=O) groups is 1. The fourth-order valence-electron chi connectivity index (χ4n) is 4.71. The molecule has 0 aliphatic carbocycles. The van der Waals surface area contributed by atoms with Crippen LogP contribution in [-0.4, -0.2) is 51.4 Å². The number of anilines is 2. The van der Waals surface area contributed by atoms with E-state index < -0.39 is 10.0 Å². The Bertz CT molecular complexity index is 1090. The first-order chi connectivity index (χ1) is 16.9. The lowest BCUT2D eigenvalue weighted by Crippen LogP contribution is -2.35. The molecule has 0 spiro atoms. The standard InChI is InChI=1S/C27H37N3O4S/c1-22-10-12-23(13-11-22)34-20-8-9-27(31)28-25-21-24(35(32,33)30-18-6-3-7-19-30)14-15-26(25)29-16-4-2-5-17-29/h10-15,21H,2-9,16-20H2,1H3,(H,28,31). The highest BCUT2D eigenvalue weighted by Crippen LogP contribution is 2.33. The summed E-state index contributed by atoms with van der Waals surface area (Å²) in [5.41, 5.74) is 2.65. The molecule has 2 heterocycles. The molecular weight excluding hydrogens is 462 g/mol. The maximum Gasteiger partial charge on any atom is 0.243 e. The van der Waals surface area contributed by atoms with Crippen molar-refractivity contribution in [1.29, 1.82) is 0 Å². The van der Waals surface area contributed by atoms with Gasteiger partial charge in [0.25, 0.3) is 0 Å². The van der Waals surface area contributed by atoms with Gasteiger partial charge in [-0.05, 0) is 75.8 Å². The lowest BCUT2D eigenvalue weighted by molar-refractivity contribution is -0.116. The fourth-order valence-corrected chi connectivity index (χ4v) is 6.25. The van der Waals surface area contributed by atoms with E-state index in [1.807, 2.05) is 37.3 Å². The molecule has 35 heavy (non-hydrogen) atoms. The minimum absolute atomic E-state index is 0.136. The summed E-state index contributed by atoms with van der Waals surface area (Å²) >= 11 is 0. The highest BCUT2D eigenvalue weighted by Gasteiger charge is 2.27. The number of sulfonamides is 1. The van der Waals surface area contributed by atoms with Crippen molar-refractivity contribution < 1.29 is 17.9 Å². The molecule has 2 aliphatic heterocycles. The molecule has 2 aromatic carbocycles. The summed E-state index contributed by atoms with van der Waals surface area (Å²) in [5, 5.41) is 3.01. The van der Waals surface area contributed by atoms with Crippen LogP contribution in [0.3, 0.4) is 0 Å². The number of hydrogen-bond acceptors (Lipinski definition) is 5. The molecule has 7 nitrogen and oxygen atoms in total. The van der Waals surface area contributed by atoms with Crippen LogP contribution in [0.15, 0.2) is 47.4 Å². The average molecular weight is 500 g/mol. The SMILES string of the molecule is Cc1ccc(OCCCC(=O)Nc2cc(S(=O)(=O)N3CCCCC3)ccc2N2CCCCC2)cc1. The van der Waals surface area contributed by atoms with Crippen molar-refractivity contribution in [2.45, 2.75) is 63.2 Å². The van der Waals surface area contributed by atoms with Gasteiger partial charge in [-0.1, -0.05) is 24.1 Å². The van der Waals surface area contributed by atoms with Crippen LogP contribution < -0.4 is 15.0 Å². The Morgan fingerprint density at radius 1 is 0.914 bits per heavy atom. The molecule has 0 atom stereocenters. The number of piperidine rings is 2. The van der Waals surface area contributed by atoms with Crippen molar-refractivity contribution >= 4 is 27.3 Å². The number of amides is 1. The predicted molar refractivity (Wildman–Crippen MR) is 140 cm³/mol. The minimum atomic E-state index is -3.58. The summed E-state index contributed by atoms with van der Waals surface area (Å²) < 4.78 is 33.8. The van der Waals surface area contributed by atoms with Crippen LogP contribution >= 0.6 is 0 Å². The first-order valence-corrected chi connectivity index (χ1v) is 14.3. The third-order valence-corrected chi connectivity index (χ3v) is 8.62. The third-order valence-electron chi connectivity index (χ3n) is 6.73. The Kier molecular flexibility index (Phi) is 8.68. The number of rotatable bonds is 9. The molecule has 0 unspecified atom stereocenters. The number of hydrogen-bond donors (Lipinski definition) is 1. The zero-order chi connectivity index (χ0) is 24.7. The molecule has 2 aliphatic rings. The summed E-state index contributed by atoms with van der Waals surface area (Å²) in [5.74, 6) is 0.655. The van der Waals surface area contributed by atoms with E-state index in [0.717, 1.165) is 56.6 Å². The van der Waals surface area contributed by atoms with Crippen LogP contribution in [0.5, 0.6) is 5.75 Å². The van der Waals surface area contributed by atoms with Crippen molar-refractivity contribution in [3.63, 3.8) is 0 Å². The molecule has 0 saturated carbocycles. The Labute approximate surface area is 209 Å². The maximum atomic E-state index is 13.3. The smallest absolute Gasteiger partial charge is 0.243 e. The molecule has 0 bridgehead atoms. The highest BCUT2D eigenvalue weighted by atomic mass is 32.2. The van der Waals surface area contributed by atoms with Crippen molar-refractivity contribution in [1.82, 2.24) is 4.31 Å². The van der Waals surface area contributed by atoms with Crippen LogP contribution in [0.1, 0.15) is 56.9 Å². The van der Waals surface area contributed by atoms with Gasteiger partial charge in [0.2, 0.25) is 15.9 Å². The molecule has 4 rings (SSSR count). The Morgan fingerprint density at radius 2 is 1.57 bits per heavy atom. The quantitative estimate of drug-likeness (QED) is 0.494. The van der Waals surface area contributed by atoms with Crippen molar-refractivity contribution in [3.8, 4) is 5.75 Å². The van der Waals surface area contributed by atoms with E-state index in [2.05, 4.69) is 10.2 Å². The number of benzene rings is 2. The number of nitrogens with zero attached hydrogens (tertiary/aromatic N) is 2. The molecular formula is C27H37N3O4S. The predicted octanol–water partition coefficient (Wildman–Crippen LogP) is 4.96. The second-order valence-corrected chi connectivity index (χ2v) is 11.4. The van der Waals surface area contributed by atoms with Crippen molar-refractivity contribution in [2.75, 3.05) is 43.0 Å². The van der Waals surface area contributed by atoms with E-state index in [0.29, 0.717) is 38.2 Å². The van der Waals surface area contributed by atoms with Crippen molar-refractivity contribution in [2.24, 2.45) is 0 Å². The van der Waals surface area contributed by atoms with E-state index >= 15 is 0 Å². The maximum absolute atomic E-state index is 13.3. The third kappa shape index (κ3) is 6.76. The number of ether oxygens (including phenoxy) is 1. The second-order valence-electron chi connectivity index (χ2n) is 9.50. The van der Waals surface area contributed by atoms with E-state index in [-0.39, 0.29) is 10.8 Å². The van der Waals surface area contributed by atoms with Gasteiger partial charge in [-0.3, -0.25) is 4.79 Å². The molecule has 2 fully saturated rings. The molecule has 190 valence electrons. The van der Waals surface area contributed by atoms with Crippen LogP contribution in [0, 0.1) is 6.92 Å². The largest absolute Gasteiger partial charge is 0.494 e. The van der Waals surface area contributed by atoms with Gasteiger partial charge in [0, 0.05) is 32.6 Å². The number of nitrogens with one attached hydrogen (secondary N) is 1. The lowest BCUT2D eigenvalue weighted by atomic mass is 10.1. The van der Waals surface area contributed by atoms with Gasteiger partial charge in [-0.25, -0.2) is 8.42 Å². The molecule has 0 radical (unpaired) electrons. The first kappa shape index (κ1) is 25.5. The molecule has 0 aromatic heterocycles. The molecule has 1 N–H and O–H groups in total. The summed E-state index contributed by atoms with van der Waals surface area (Å²) in [7, 11) is -3.58. The summed E-state index contributed by atoms with van der Waals surface area (Å²) in [4.78, 5) is 15.3. The van der Waals surface area contributed by atoms with Gasteiger partial charge in [0.05, 0.1) is 22.9 Å². The fraction of sp³-hybridized carbons (Fsp3) is 0.519.